The van der Waals surface area contributed by atoms with Crippen molar-refractivity contribution in [3.05, 3.63) is 0 Å². The van der Waals surface area contributed by atoms with Crippen molar-refractivity contribution < 1.29 is 14.7 Å². The van der Waals surface area contributed by atoms with Crippen LogP contribution >= 0.6 is 0 Å². The average molecular weight is 296 g/mol. The van der Waals surface area contributed by atoms with Gasteiger partial charge in [0.2, 0.25) is 5.91 Å². The lowest BCUT2D eigenvalue weighted by molar-refractivity contribution is -0.141. The zero-order valence-electron chi connectivity index (χ0n) is 13.0. The van der Waals surface area contributed by atoms with Gasteiger partial charge in [0.05, 0.1) is 11.8 Å². The van der Waals surface area contributed by atoms with Crippen LogP contribution in [0.5, 0.6) is 0 Å². The summed E-state index contributed by atoms with van der Waals surface area (Å²) < 4.78 is 0. The summed E-state index contributed by atoms with van der Waals surface area (Å²) in [5.41, 5.74) is 5.33. The number of carboxylic acid groups (broad SMARTS) is 1. The molecule has 2 fully saturated rings. The summed E-state index contributed by atoms with van der Waals surface area (Å²) in [6.45, 7) is 2.41. The number of hydrogen-bond acceptors (Lipinski definition) is 3. The standard InChI is InChI=1S/C16H28N2O3/c1-15(7-5-6-12(15)17)14(21)18-11-16(10-13(19)20)8-3-2-4-9-16/h12H,2-11,17H2,1H3,(H,18,21)(H,19,20). The summed E-state index contributed by atoms with van der Waals surface area (Å²) in [4.78, 5) is 23.7. The van der Waals surface area contributed by atoms with Crippen molar-refractivity contribution in [2.75, 3.05) is 6.54 Å². The van der Waals surface area contributed by atoms with Crippen LogP contribution in [0.4, 0.5) is 0 Å². The molecule has 0 radical (unpaired) electrons. The molecule has 0 aromatic carbocycles. The van der Waals surface area contributed by atoms with E-state index < -0.39 is 11.4 Å². The molecule has 2 atom stereocenters. The van der Waals surface area contributed by atoms with Gasteiger partial charge in [0.15, 0.2) is 0 Å². The van der Waals surface area contributed by atoms with Gasteiger partial charge in [-0.15, -0.1) is 0 Å². The quantitative estimate of drug-likeness (QED) is 0.724. The number of amides is 1. The Balaban J connectivity index is 1.98. The van der Waals surface area contributed by atoms with Gasteiger partial charge >= 0.3 is 5.97 Å². The van der Waals surface area contributed by atoms with Crippen molar-refractivity contribution in [3.8, 4) is 0 Å². The van der Waals surface area contributed by atoms with E-state index >= 15 is 0 Å². The normalized spacial score (nSPS) is 31.8. The summed E-state index contributed by atoms with van der Waals surface area (Å²) in [6, 6.07) is -0.0840. The Morgan fingerprint density at radius 2 is 1.86 bits per heavy atom. The smallest absolute Gasteiger partial charge is 0.303 e. The molecule has 0 bridgehead atoms. The highest BCUT2D eigenvalue weighted by atomic mass is 16.4. The predicted octanol–water partition coefficient (Wildman–Crippen LogP) is 2.05. The second-order valence-corrected chi connectivity index (χ2v) is 7.23. The van der Waals surface area contributed by atoms with Crippen molar-refractivity contribution in [2.45, 2.75) is 70.8 Å². The molecule has 0 saturated heterocycles. The first-order chi connectivity index (χ1) is 9.88. The van der Waals surface area contributed by atoms with Crippen LogP contribution in [0, 0.1) is 10.8 Å². The highest BCUT2D eigenvalue weighted by Crippen LogP contribution is 2.40. The third kappa shape index (κ3) is 3.57. The first-order valence-electron chi connectivity index (χ1n) is 8.14. The number of hydrogen-bond donors (Lipinski definition) is 3. The lowest BCUT2D eigenvalue weighted by atomic mass is 9.71. The topological polar surface area (TPSA) is 92.4 Å². The highest BCUT2D eigenvalue weighted by molar-refractivity contribution is 5.83. The molecule has 5 heteroatoms. The average Bonchev–Trinajstić information content (AvgIpc) is 2.78. The van der Waals surface area contributed by atoms with Gasteiger partial charge in [-0.3, -0.25) is 9.59 Å². The van der Waals surface area contributed by atoms with Crippen molar-refractivity contribution in [2.24, 2.45) is 16.6 Å². The summed E-state index contributed by atoms with van der Waals surface area (Å²) in [5.74, 6) is -0.766. The van der Waals surface area contributed by atoms with E-state index in [1.165, 1.54) is 0 Å². The zero-order chi connectivity index (χ0) is 15.5. The Labute approximate surface area is 126 Å². The van der Waals surface area contributed by atoms with E-state index in [-0.39, 0.29) is 23.8 Å². The molecule has 2 unspecified atom stereocenters. The van der Waals surface area contributed by atoms with E-state index in [4.69, 9.17) is 10.8 Å². The molecule has 5 nitrogen and oxygen atoms in total. The highest BCUT2D eigenvalue weighted by Gasteiger charge is 2.44. The van der Waals surface area contributed by atoms with E-state index in [9.17, 15) is 9.59 Å². The lowest BCUT2D eigenvalue weighted by Crippen LogP contribution is -2.50. The second kappa shape index (κ2) is 6.34. The van der Waals surface area contributed by atoms with Crippen molar-refractivity contribution in [1.29, 1.82) is 0 Å². The minimum Gasteiger partial charge on any atom is -0.481 e. The largest absolute Gasteiger partial charge is 0.481 e. The maximum atomic E-state index is 12.5. The van der Waals surface area contributed by atoms with Crippen LogP contribution in [0.3, 0.4) is 0 Å². The summed E-state index contributed by atoms with van der Waals surface area (Å²) >= 11 is 0. The van der Waals surface area contributed by atoms with Gasteiger partial charge in [-0.1, -0.05) is 25.7 Å². The third-order valence-electron chi connectivity index (χ3n) is 5.61. The molecule has 2 saturated carbocycles. The minimum atomic E-state index is -0.769. The lowest BCUT2D eigenvalue weighted by Gasteiger charge is -2.37. The van der Waals surface area contributed by atoms with Crippen molar-refractivity contribution >= 4 is 11.9 Å². The number of rotatable bonds is 5. The van der Waals surface area contributed by atoms with Crippen LogP contribution in [0.15, 0.2) is 0 Å². The maximum absolute atomic E-state index is 12.5. The molecule has 4 N–H and O–H groups in total. The molecule has 120 valence electrons. The van der Waals surface area contributed by atoms with E-state index in [0.717, 1.165) is 51.4 Å². The fraction of sp³-hybridized carbons (Fsp3) is 0.875. The Bertz CT molecular complexity index is 404. The molecule has 2 aliphatic carbocycles. The first kappa shape index (κ1) is 16.3. The molecule has 2 rings (SSSR count). The third-order valence-corrected chi connectivity index (χ3v) is 5.61. The fourth-order valence-corrected chi connectivity index (χ4v) is 3.98. The van der Waals surface area contributed by atoms with Gasteiger partial charge in [0.25, 0.3) is 0 Å². The van der Waals surface area contributed by atoms with Crippen LogP contribution in [0.2, 0.25) is 0 Å². The minimum absolute atomic E-state index is 0.00263. The van der Waals surface area contributed by atoms with Crippen LogP contribution in [-0.2, 0) is 9.59 Å². The molecule has 0 spiro atoms. The number of carbonyl (C=O) groups is 2. The molecule has 21 heavy (non-hydrogen) atoms. The second-order valence-electron chi connectivity index (χ2n) is 7.23. The Morgan fingerprint density at radius 1 is 1.19 bits per heavy atom. The number of carboxylic acids is 1. The molecular formula is C16H28N2O3. The summed E-state index contributed by atoms with van der Waals surface area (Å²) in [6.07, 6.45) is 7.92. The van der Waals surface area contributed by atoms with Crippen molar-refractivity contribution in [3.63, 3.8) is 0 Å². The Morgan fingerprint density at radius 3 is 2.38 bits per heavy atom. The number of carbonyl (C=O) groups excluding carboxylic acids is 1. The monoisotopic (exact) mass is 296 g/mol. The van der Waals surface area contributed by atoms with E-state index in [2.05, 4.69) is 5.32 Å². The zero-order valence-corrected chi connectivity index (χ0v) is 13.0. The van der Waals surface area contributed by atoms with Crippen LogP contribution in [0.25, 0.3) is 0 Å². The molecule has 1 amide bonds. The maximum Gasteiger partial charge on any atom is 0.303 e. The summed E-state index contributed by atoms with van der Waals surface area (Å²) in [7, 11) is 0. The molecule has 0 heterocycles. The van der Waals surface area contributed by atoms with Gasteiger partial charge in [0.1, 0.15) is 0 Å². The Hall–Kier alpha value is -1.10. The number of nitrogens with two attached hydrogens (primary N) is 1. The molecule has 0 aromatic heterocycles. The van der Waals surface area contributed by atoms with Gasteiger partial charge in [-0.2, -0.15) is 0 Å². The molecule has 2 aliphatic rings. The van der Waals surface area contributed by atoms with Crippen LogP contribution in [-0.4, -0.2) is 29.6 Å². The van der Waals surface area contributed by atoms with Crippen LogP contribution < -0.4 is 11.1 Å². The van der Waals surface area contributed by atoms with E-state index in [1.54, 1.807) is 0 Å². The molecule has 0 aromatic rings. The Kier molecular flexibility index (Phi) is 4.91. The van der Waals surface area contributed by atoms with E-state index in [0.29, 0.717) is 6.54 Å². The van der Waals surface area contributed by atoms with Gasteiger partial charge in [0, 0.05) is 12.6 Å². The van der Waals surface area contributed by atoms with Gasteiger partial charge in [-0.05, 0) is 38.0 Å². The molecule has 0 aliphatic heterocycles. The SMILES string of the molecule is CC1(C(=O)NCC2(CC(=O)O)CCCCC2)CCCC1N. The molecular weight excluding hydrogens is 268 g/mol. The van der Waals surface area contributed by atoms with Gasteiger partial charge in [-0.25, -0.2) is 0 Å². The fourth-order valence-electron chi connectivity index (χ4n) is 3.98. The number of aliphatic carboxylic acids is 1. The van der Waals surface area contributed by atoms with Crippen molar-refractivity contribution in [1.82, 2.24) is 5.32 Å². The first-order valence-corrected chi connectivity index (χ1v) is 8.14. The van der Waals surface area contributed by atoms with Crippen LogP contribution in [0.1, 0.15) is 64.7 Å². The van der Waals surface area contributed by atoms with E-state index in [1.807, 2.05) is 6.92 Å². The van der Waals surface area contributed by atoms with Gasteiger partial charge < -0.3 is 16.2 Å². The summed E-state index contributed by atoms with van der Waals surface area (Å²) in [5, 5.41) is 12.2. The number of nitrogens with one attached hydrogen (secondary N) is 1. The predicted molar refractivity (Wildman–Crippen MR) is 80.7 cm³/mol.